The van der Waals surface area contributed by atoms with E-state index in [0.29, 0.717) is 0 Å². The van der Waals surface area contributed by atoms with Crippen LogP contribution in [-0.2, 0) is 10.5 Å². The Bertz CT molecular complexity index is 369. The molecule has 0 spiro atoms. The van der Waals surface area contributed by atoms with E-state index in [1.807, 2.05) is 43.8 Å². The Morgan fingerprint density at radius 1 is 1.39 bits per heavy atom. The molecule has 1 atom stereocenters. The van der Waals surface area contributed by atoms with Gasteiger partial charge in [0.05, 0.1) is 5.54 Å². The highest BCUT2D eigenvalue weighted by Gasteiger charge is 2.28. The van der Waals surface area contributed by atoms with Crippen molar-refractivity contribution in [2.24, 2.45) is 5.73 Å². The number of amides is 1. The molecule has 0 aliphatic heterocycles. The molecule has 3 nitrogen and oxygen atoms in total. The van der Waals surface area contributed by atoms with Gasteiger partial charge in [-0.25, -0.2) is 0 Å². The molecule has 0 bridgehead atoms. The monoisotopic (exact) mass is 266 g/mol. The standard InChI is InChI=1S/C14H22N2OS/c1-3-16-14(2,13(15)17)9-10-18-11-12-7-5-4-6-8-12/h4-8,16H,3,9-11H2,1-2H3,(H2,15,17). The van der Waals surface area contributed by atoms with Crippen LogP contribution in [0.5, 0.6) is 0 Å². The van der Waals surface area contributed by atoms with Gasteiger partial charge in [-0.05, 0) is 31.2 Å². The van der Waals surface area contributed by atoms with Crippen molar-refractivity contribution in [2.45, 2.75) is 31.6 Å². The van der Waals surface area contributed by atoms with Crippen LogP contribution in [0.2, 0.25) is 0 Å². The molecular weight excluding hydrogens is 244 g/mol. The van der Waals surface area contributed by atoms with Gasteiger partial charge in [-0.2, -0.15) is 11.8 Å². The molecule has 1 aromatic carbocycles. The number of primary amides is 1. The van der Waals surface area contributed by atoms with Gasteiger partial charge >= 0.3 is 0 Å². The average Bonchev–Trinajstić information content (AvgIpc) is 2.36. The number of likely N-dealkylation sites (N-methyl/N-ethyl adjacent to an activating group) is 1. The smallest absolute Gasteiger partial charge is 0.237 e. The van der Waals surface area contributed by atoms with Crippen LogP contribution in [0.25, 0.3) is 0 Å². The third-order valence-corrected chi connectivity index (χ3v) is 4.00. The van der Waals surface area contributed by atoms with Crippen molar-refractivity contribution in [1.29, 1.82) is 0 Å². The largest absolute Gasteiger partial charge is 0.368 e. The van der Waals surface area contributed by atoms with Crippen LogP contribution in [0.15, 0.2) is 30.3 Å². The molecule has 0 heterocycles. The number of nitrogens with one attached hydrogen (secondary N) is 1. The zero-order valence-corrected chi connectivity index (χ0v) is 11.9. The lowest BCUT2D eigenvalue weighted by atomic mass is 9.98. The molecule has 1 aromatic rings. The maximum absolute atomic E-state index is 11.4. The lowest BCUT2D eigenvalue weighted by Crippen LogP contribution is -2.53. The lowest BCUT2D eigenvalue weighted by molar-refractivity contribution is -0.123. The minimum Gasteiger partial charge on any atom is -0.368 e. The van der Waals surface area contributed by atoms with Gasteiger partial charge in [0.15, 0.2) is 0 Å². The van der Waals surface area contributed by atoms with Gasteiger partial charge in [-0.3, -0.25) is 4.79 Å². The number of hydrogen-bond acceptors (Lipinski definition) is 3. The van der Waals surface area contributed by atoms with E-state index < -0.39 is 5.54 Å². The highest BCUT2D eigenvalue weighted by Crippen LogP contribution is 2.17. The van der Waals surface area contributed by atoms with Crippen LogP contribution < -0.4 is 11.1 Å². The van der Waals surface area contributed by atoms with E-state index in [-0.39, 0.29) is 5.91 Å². The summed E-state index contributed by atoms with van der Waals surface area (Å²) in [5.74, 6) is 1.62. The molecule has 0 radical (unpaired) electrons. The first kappa shape index (κ1) is 15.1. The summed E-state index contributed by atoms with van der Waals surface area (Å²) in [5.41, 5.74) is 6.17. The first-order valence-corrected chi connectivity index (χ1v) is 7.40. The van der Waals surface area contributed by atoms with Crippen LogP contribution >= 0.6 is 11.8 Å². The molecule has 1 rings (SSSR count). The predicted molar refractivity (Wildman–Crippen MR) is 78.5 cm³/mol. The Hall–Kier alpha value is -1.00. The second kappa shape index (κ2) is 7.44. The molecule has 3 N–H and O–H groups in total. The number of nitrogens with two attached hydrogens (primary N) is 1. The summed E-state index contributed by atoms with van der Waals surface area (Å²) in [7, 11) is 0. The minimum atomic E-state index is -0.585. The van der Waals surface area contributed by atoms with E-state index in [1.54, 1.807) is 0 Å². The number of benzene rings is 1. The Balaban J connectivity index is 2.34. The molecule has 4 heteroatoms. The first-order valence-electron chi connectivity index (χ1n) is 6.25. The van der Waals surface area contributed by atoms with E-state index in [4.69, 9.17) is 5.73 Å². The minimum absolute atomic E-state index is 0.273. The fourth-order valence-corrected chi connectivity index (χ4v) is 2.85. The van der Waals surface area contributed by atoms with Crippen molar-refractivity contribution >= 4 is 17.7 Å². The number of thioether (sulfide) groups is 1. The second-order valence-electron chi connectivity index (χ2n) is 4.51. The van der Waals surface area contributed by atoms with E-state index in [0.717, 1.165) is 24.5 Å². The van der Waals surface area contributed by atoms with Gasteiger partial charge in [0.2, 0.25) is 5.91 Å². The number of carbonyl (C=O) groups excluding carboxylic acids is 1. The van der Waals surface area contributed by atoms with Gasteiger partial charge in [0, 0.05) is 5.75 Å². The number of rotatable bonds is 8. The van der Waals surface area contributed by atoms with Gasteiger partial charge in [0.25, 0.3) is 0 Å². The molecule has 0 fully saturated rings. The topological polar surface area (TPSA) is 55.1 Å². The Morgan fingerprint density at radius 2 is 2.06 bits per heavy atom. The van der Waals surface area contributed by atoms with E-state index in [9.17, 15) is 4.79 Å². The van der Waals surface area contributed by atoms with Crippen molar-refractivity contribution in [1.82, 2.24) is 5.32 Å². The van der Waals surface area contributed by atoms with Crippen LogP contribution in [0.3, 0.4) is 0 Å². The number of hydrogen-bond donors (Lipinski definition) is 2. The summed E-state index contributed by atoms with van der Waals surface area (Å²) in [4.78, 5) is 11.4. The normalized spacial score (nSPS) is 14.1. The van der Waals surface area contributed by atoms with Crippen LogP contribution in [0, 0.1) is 0 Å². The van der Waals surface area contributed by atoms with Crippen molar-refractivity contribution in [2.75, 3.05) is 12.3 Å². The highest BCUT2D eigenvalue weighted by molar-refractivity contribution is 7.98. The quantitative estimate of drug-likeness (QED) is 0.709. The summed E-state index contributed by atoms with van der Waals surface area (Å²) in [6.07, 6.45) is 0.758. The SMILES string of the molecule is CCNC(C)(CCSCc1ccccc1)C(N)=O. The summed E-state index contributed by atoms with van der Waals surface area (Å²) < 4.78 is 0. The van der Waals surface area contributed by atoms with Crippen LogP contribution in [0.4, 0.5) is 0 Å². The molecular formula is C14H22N2OS. The Morgan fingerprint density at radius 3 is 2.61 bits per heavy atom. The lowest BCUT2D eigenvalue weighted by Gasteiger charge is -2.26. The second-order valence-corrected chi connectivity index (χ2v) is 5.62. The third kappa shape index (κ3) is 4.70. The van der Waals surface area contributed by atoms with E-state index >= 15 is 0 Å². The molecule has 0 saturated heterocycles. The fraction of sp³-hybridized carbons (Fsp3) is 0.500. The fourth-order valence-electron chi connectivity index (χ4n) is 1.73. The zero-order valence-electron chi connectivity index (χ0n) is 11.1. The Labute approximate surface area is 114 Å². The summed E-state index contributed by atoms with van der Waals surface area (Å²) in [5, 5.41) is 3.17. The molecule has 0 saturated carbocycles. The maximum Gasteiger partial charge on any atom is 0.237 e. The first-order chi connectivity index (χ1) is 8.58. The average molecular weight is 266 g/mol. The highest BCUT2D eigenvalue weighted by atomic mass is 32.2. The van der Waals surface area contributed by atoms with Crippen molar-refractivity contribution < 1.29 is 4.79 Å². The third-order valence-electron chi connectivity index (χ3n) is 2.97. The predicted octanol–water partition coefficient (Wildman–Crippen LogP) is 2.16. The maximum atomic E-state index is 11.4. The van der Waals surface area contributed by atoms with Crippen LogP contribution in [-0.4, -0.2) is 23.7 Å². The summed E-state index contributed by atoms with van der Waals surface area (Å²) in [6, 6.07) is 10.3. The van der Waals surface area contributed by atoms with E-state index in [2.05, 4.69) is 17.4 Å². The van der Waals surface area contributed by atoms with Gasteiger partial charge in [-0.1, -0.05) is 37.3 Å². The van der Waals surface area contributed by atoms with Crippen molar-refractivity contribution in [3.63, 3.8) is 0 Å². The molecule has 100 valence electrons. The number of carbonyl (C=O) groups is 1. The van der Waals surface area contributed by atoms with Crippen molar-refractivity contribution in [3.05, 3.63) is 35.9 Å². The van der Waals surface area contributed by atoms with Gasteiger partial charge in [-0.15, -0.1) is 0 Å². The molecule has 1 unspecified atom stereocenters. The molecule has 1 amide bonds. The summed E-state index contributed by atoms with van der Waals surface area (Å²) in [6.45, 7) is 4.61. The van der Waals surface area contributed by atoms with E-state index in [1.165, 1.54) is 5.56 Å². The van der Waals surface area contributed by atoms with Gasteiger partial charge in [0.1, 0.15) is 0 Å². The van der Waals surface area contributed by atoms with Crippen LogP contribution in [0.1, 0.15) is 25.8 Å². The van der Waals surface area contributed by atoms with Gasteiger partial charge < -0.3 is 11.1 Å². The van der Waals surface area contributed by atoms with Crippen molar-refractivity contribution in [3.8, 4) is 0 Å². The molecule has 0 aliphatic rings. The zero-order chi connectivity index (χ0) is 13.4. The summed E-state index contributed by atoms with van der Waals surface area (Å²) >= 11 is 1.83. The molecule has 0 aromatic heterocycles. The Kier molecular flexibility index (Phi) is 6.22. The molecule has 18 heavy (non-hydrogen) atoms. The molecule has 0 aliphatic carbocycles.